The van der Waals surface area contributed by atoms with Crippen LogP contribution in [0.4, 0.5) is 5.69 Å². The van der Waals surface area contributed by atoms with E-state index in [9.17, 15) is 10.1 Å². The Hall–Kier alpha value is -2.64. The van der Waals surface area contributed by atoms with Crippen LogP contribution >= 0.6 is 22.7 Å². The zero-order valence-corrected chi connectivity index (χ0v) is 13.3. The molecule has 7 heteroatoms. The molecule has 0 N–H and O–H groups in total. The van der Waals surface area contributed by atoms with Gasteiger partial charge in [-0.25, -0.2) is 9.97 Å². The van der Waals surface area contributed by atoms with Crippen molar-refractivity contribution in [2.45, 2.75) is 0 Å². The predicted octanol–water partition coefficient (Wildman–Crippen LogP) is 5.00. The number of hydrogen-bond donors (Lipinski definition) is 0. The number of thiophene rings is 2. The molecule has 3 aromatic heterocycles. The van der Waals surface area contributed by atoms with Gasteiger partial charge in [0.25, 0.3) is 5.69 Å². The molecule has 4 aromatic rings. The van der Waals surface area contributed by atoms with E-state index < -0.39 is 4.92 Å². The highest BCUT2D eigenvalue weighted by Gasteiger charge is 2.16. The summed E-state index contributed by atoms with van der Waals surface area (Å²) in [6.45, 7) is 0. The van der Waals surface area contributed by atoms with Gasteiger partial charge in [0.15, 0.2) is 0 Å². The highest BCUT2D eigenvalue weighted by molar-refractivity contribution is 7.14. The van der Waals surface area contributed by atoms with Gasteiger partial charge in [0, 0.05) is 12.1 Å². The molecular formula is C16H9N3O2S2. The Morgan fingerprint density at radius 1 is 0.870 bits per heavy atom. The Balaban J connectivity index is 2.02. The summed E-state index contributed by atoms with van der Waals surface area (Å²) in [5.74, 6) is 0. The van der Waals surface area contributed by atoms with Crippen LogP contribution in [0.2, 0.25) is 0 Å². The van der Waals surface area contributed by atoms with E-state index in [-0.39, 0.29) is 5.69 Å². The Kier molecular flexibility index (Phi) is 3.36. The molecule has 0 amide bonds. The minimum atomic E-state index is -0.418. The standard InChI is InChI=1S/C16H9N3O2S2/c20-19(21)10-5-6-11-12(9-10)18-16(14-4-2-8-23-14)15(17-11)13-3-1-7-22-13/h1-9H. The van der Waals surface area contributed by atoms with E-state index >= 15 is 0 Å². The molecule has 0 saturated carbocycles. The number of rotatable bonds is 3. The van der Waals surface area contributed by atoms with Gasteiger partial charge in [-0.2, -0.15) is 0 Å². The average molecular weight is 339 g/mol. The SMILES string of the molecule is O=[N+]([O-])c1ccc2nc(-c3cccs3)c(-c3cccs3)nc2c1. The van der Waals surface area contributed by atoms with Gasteiger partial charge in [-0.05, 0) is 29.0 Å². The maximum Gasteiger partial charge on any atom is 0.271 e. The highest BCUT2D eigenvalue weighted by atomic mass is 32.1. The largest absolute Gasteiger partial charge is 0.271 e. The molecule has 4 rings (SSSR count). The second kappa shape index (κ2) is 5.53. The number of nitro groups is 1. The van der Waals surface area contributed by atoms with E-state index in [1.54, 1.807) is 28.7 Å². The van der Waals surface area contributed by atoms with E-state index in [1.807, 2.05) is 35.0 Å². The minimum absolute atomic E-state index is 0.0211. The predicted molar refractivity (Wildman–Crippen MR) is 92.8 cm³/mol. The topological polar surface area (TPSA) is 68.9 Å². The lowest BCUT2D eigenvalue weighted by atomic mass is 10.2. The van der Waals surface area contributed by atoms with Crippen LogP contribution in [-0.4, -0.2) is 14.9 Å². The van der Waals surface area contributed by atoms with Crippen molar-refractivity contribution in [3.05, 3.63) is 63.3 Å². The molecule has 23 heavy (non-hydrogen) atoms. The van der Waals surface area contributed by atoms with E-state index in [4.69, 9.17) is 4.98 Å². The fourth-order valence-corrected chi connectivity index (χ4v) is 3.76. The second-order valence-corrected chi connectivity index (χ2v) is 6.70. The van der Waals surface area contributed by atoms with Crippen LogP contribution in [-0.2, 0) is 0 Å². The van der Waals surface area contributed by atoms with Gasteiger partial charge in [-0.15, -0.1) is 22.7 Å². The lowest BCUT2D eigenvalue weighted by Gasteiger charge is -2.07. The first-order valence-corrected chi connectivity index (χ1v) is 8.52. The lowest BCUT2D eigenvalue weighted by molar-refractivity contribution is -0.384. The lowest BCUT2D eigenvalue weighted by Crippen LogP contribution is -1.95. The normalized spacial score (nSPS) is 11.0. The summed E-state index contributed by atoms with van der Waals surface area (Å²) >= 11 is 3.17. The summed E-state index contributed by atoms with van der Waals surface area (Å²) in [6, 6.07) is 12.5. The molecule has 0 aliphatic rings. The molecule has 3 heterocycles. The van der Waals surface area contributed by atoms with Crippen LogP contribution in [0, 0.1) is 10.1 Å². The number of fused-ring (bicyclic) bond motifs is 1. The first-order chi connectivity index (χ1) is 11.2. The zero-order valence-electron chi connectivity index (χ0n) is 11.7. The van der Waals surface area contributed by atoms with Crippen molar-refractivity contribution in [2.24, 2.45) is 0 Å². The van der Waals surface area contributed by atoms with Gasteiger partial charge in [0.2, 0.25) is 0 Å². The molecule has 112 valence electrons. The van der Waals surface area contributed by atoms with Gasteiger partial charge >= 0.3 is 0 Å². The Morgan fingerprint density at radius 2 is 1.48 bits per heavy atom. The Labute approximate surface area is 139 Å². The molecule has 0 aliphatic carbocycles. The van der Waals surface area contributed by atoms with Crippen molar-refractivity contribution in [3.8, 4) is 21.1 Å². The third-order valence-electron chi connectivity index (χ3n) is 3.37. The van der Waals surface area contributed by atoms with Crippen molar-refractivity contribution in [1.82, 2.24) is 9.97 Å². The van der Waals surface area contributed by atoms with Gasteiger partial charge in [0.1, 0.15) is 11.4 Å². The summed E-state index contributed by atoms with van der Waals surface area (Å²) < 4.78 is 0. The van der Waals surface area contributed by atoms with Crippen molar-refractivity contribution < 1.29 is 4.92 Å². The third kappa shape index (κ3) is 2.49. The van der Waals surface area contributed by atoms with Gasteiger partial charge in [0.05, 0.1) is 25.7 Å². The summed E-state index contributed by atoms with van der Waals surface area (Å²) in [7, 11) is 0. The van der Waals surface area contributed by atoms with E-state index in [1.165, 1.54) is 12.1 Å². The van der Waals surface area contributed by atoms with Crippen LogP contribution in [0.1, 0.15) is 0 Å². The molecule has 0 bridgehead atoms. The minimum Gasteiger partial charge on any atom is -0.258 e. The average Bonchev–Trinajstić information content (AvgIpc) is 3.26. The number of aromatic nitrogens is 2. The third-order valence-corrected chi connectivity index (χ3v) is 5.12. The maximum atomic E-state index is 11.0. The number of nitro benzene ring substituents is 1. The molecule has 0 fully saturated rings. The maximum absolute atomic E-state index is 11.0. The van der Waals surface area contributed by atoms with E-state index in [0.717, 1.165) is 21.1 Å². The summed E-state index contributed by atoms with van der Waals surface area (Å²) in [5, 5.41) is 14.9. The summed E-state index contributed by atoms with van der Waals surface area (Å²) in [4.78, 5) is 22.0. The fourth-order valence-electron chi connectivity index (χ4n) is 2.33. The van der Waals surface area contributed by atoms with Crippen molar-refractivity contribution >= 4 is 39.4 Å². The van der Waals surface area contributed by atoms with Crippen LogP contribution < -0.4 is 0 Å². The van der Waals surface area contributed by atoms with Crippen LogP contribution in [0.3, 0.4) is 0 Å². The Bertz CT molecular complexity index is 996. The number of benzene rings is 1. The number of hydrogen-bond acceptors (Lipinski definition) is 6. The van der Waals surface area contributed by atoms with E-state index in [2.05, 4.69) is 4.98 Å². The number of non-ortho nitro benzene ring substituents is 1. The van der Waals surface area contributed by atoms with Gasteiger partial charge < -0.3 is 0 Å². The van der Waals surface area contributed by atoms with Gasteiger partial charge in [-0.1, -0.05) is 12.1 Å². The number of nitrogens with zero attached hydrogens (tertiary/aromatic N) is 3. The fraction of sp³-hybridized carbons (Fsp3) is 0. The quantitative estimate of drug-likeness (QED) is 0.389. The summed E-state index contributed by atoms with van der Waals surface area (Å²) in [5.41, 5.74) is 2.77. The molecule has 1 aromatic carbocycles. The molecule has 5 nitrogen and oxygen atoms in total. The van der Waals surface area contributed by atoms with Crippen molar-refractivity contribution in [1.29, 1.82) is 0 Å². The van der Waals surface area contributed by atoms with Crippen LogP contribution in [0.5, 0.6) is 0 Å². The second-order valence-electron chi connectivity index (χ2n) is 4.81. The molecule has 0 spiro atoms. The summed E-state index contributed by atoms with van der Waals surface area (Å²) in [6.07, 6.45) is 0. The smallest absolute Gasteiger partial charge is 0.258 e. The molecule has 0 aliphatic heterocycles. The monoisotopic (exact) mass is 339 g/mol. The zero-order chi connectivity index (χ0) is 15.8. The van der Waals surface area contributed by atoms with Crippen LogP contribution in [0.25, 0.3) is 32.2 Å². The van der Waals surface area contributed by atoms with Gasteiger partial charge in [-0.3, -0.25) is 10.1 Å². The Morgan fingerprint density at radius 3 is 2.00 bits per heavy atom. The molecule has 0 unspecified atom stereocenters. The van der Waals surface area contributed by atoms with Crippen molar-refractivity contribution in [3.63, 3.8) is 0 Å². The molecule has 0 atom stereocenters. The van der Waals surface area contributed by atoms with Crippen LogP contribution in [0.15, 0.2) is 53.2 Å². The van der Waals surface area contributed by atoms with Crippen molar-refractivity contribution in [2.75, 3.05) is 0 Å². The van der Waals surface area contributed by atoms with E-state index in [0.29, 0.717) is 11.0 Å². The molecule has 0 saturated heterocycles. The molecule has 0 radical (unpaired) electrons. The highest BCUT2D eigenvalue weighted by Crippen LogP contribution is 2.35. The molecular weight excluding hydrogens is 330 g/mol. The first kappa shape index (κ1) is 14.0. The first-order valence-electron chi connectivity index (χ1n) is 6.76.